The molecular weight excluding hydrogens is 410 g/mol. The van der Waals surface area contributed by atoms with Crippen molar-refractivity contribution in [2.24, 2.45) is 0 Å². The molecule has 1 atom stereocenters. The van der Waals surface area contributed by atoms with Crippen LogP contribution in [0.4, 0.5) is 0 Å². The van der Waals surface area contributed by atoms with Crippen molar-refractivity contribution < 1.29 is 19.5 Å². The maximum atomic E-state index is 12.0. The summed E-state index contributed by atoms with van der Waals surface area (Å²) in [6.45, 7) is 3.85. The van der Waals surface area contributed by atoms with Crippen LogP contribution in [0.25, 0.3) is 10.9 Å². The minimum atomic E-state index is -1.16. The third kappa shape index (κ3) is 3.87. The zero-order valence-corrected chi connectivity index (χ0v) is 17.9. The first kappa shape index (κ1) is 21.0. The van der Waals surface area contributed by atoms with Gasteiger partial charge in [-0.25, -0.2) is 9.47 Å². The quantitative estimate of drug-likeness (QED) is 0.386. The molecule has 0 fully saturated rings. The van der Waals surface area contributed by atoms with Crippen LogP contribution in [0.15, 0.2) is 60.8 Å². The van der Waals surface area contributed by atoms with Gasteiger partial charge in [0.25, 0.3) is 5.91 Å². The smallest absolute Gasteiger partial charge is 0.354 e. The lowest BCUT2D eigenvalue weighted by atomic mass is 10.0. The number of carbonyl (C=O) groups excluding carboxylic acids is 1. The molecule has 0 aliphatic heterocycles. The minimum Gasteiger partial charge on any atom is -0.477 e. The molecule has 32 heavy (non-hydrogen) atoms. The van der Waals surface area contributed by atoms with E-state index in [1.807, 2.05) is 68.6 Å². The van der Waals surface area contributed by atoms with Gasteiger partial charge in [-0.05, 0) is 43.7 Å². The van der Waals surface area contributed by atoms with Crippen molar-refractivity contribution in [1.29, 1.82) is 0 Å². The Morgan fingerprint density at radius 2 is 1.88 bits per heavy atom. The Kier molecular flexibility index (Phi) is 5.55. The number of carbonyl (C=O) groups is 2. The predicted octanol–water partition coefficient (Wildman–Crippen LogP) is 3.35. The highest BCUT2D eigenvalue weighted by Crippen LogP contribution is 2.28. The highest BCUT2D eigenvalue weighted by atomic mass is 16.7. The summed E-state index contributed by atoms with van der Waals surface area (Å²) in [5.74, 6) is -0.927. The van der Waals surface area contributed by atoms with E-state index in [2.05, 4.69) is 16.0 Å². The largest absolute Gasteiger partial charge is 0.477 e. The van der Waals surface area contributed by atoms with Crippen molar-refractivity contribution in [2.45, 2.75) is 19.9 Å². The Bertz CT molecular complexity index is 1290. The molecule has 2 aromatic carbocycles. The van der Waals surface area contributed by atoms with E-state index < -0.39 is 17.9 Å². The number of benzene rings is 2. The molecule has 9 heteroatoms. The van der Waals surface area contributed by atoms with Crippen molar-refractivity contribution in [3.05, 3.63) is 83.3 Å². The van der Waals surface area contributed by atoms with Crippen molar-refractivity contribution >= 4 is 22.8 Å². The van der Waals surface area contributed by atoms with Gasteiger partial charge < -0.3 is 15.3 Å². The van der Waals surface area contributed by atoms with Crippen molar-refractivity contribution in [2.75, 3.05) is 12.6 Å². The van der Waals surface area contributed by atoms with Gasteiger partial charge in [0.05, 0.1) is 11.6 Å². The van der Waals surface area contributed by atoms with Gasteiger partial charge in [0.15, 0.2) is 11.4 Å². The van der Waals surface area contributed by atoms with Crippen molar-refractivity contribution in [3.63, 3.8) is 0 Å². The molecule has 0 radical (unpaired) electrons. The standard InChI is InChI=1S/C23H23N5O4/c1-14-7-9-16(10-8-14)32-26-27-12-11-18-17(5-4-6-20(18)27)15(2)28-21(23(30)31)13-19(25-28)22(29)24-3/h4-13,15,26H,1-3H3,(H,24,29)(H,30,31). The summed E-state index contributed by atoms with van der Waals surface area (Å²) in [7, 11) is 1.47. The number of nitrogens with one attached hydrogen (secondary N) is 2. The summed E-state index contributed by atoms with van der Waals surface area (Å²) in [6, 6.07) is 16.1. The average molecular weight is 433 g/mol. The number of carboxylic acid groups (broad SMARTS) is 1. The van der Waals surface area contributed by atoms with Gasteiger partial charge in [-0.15, -0.1) is 0 Å². The number of nitrogens with zero attached hydrogens (tertiary/aromatic N) is 3. The molecule has 4 rings (SSSR count). The van der Waals surface area contributed by atoms with Crippen LogP contribution < -0.4 is 15.7 Å². The number of aryl methyl sites for hydroxylation is 1. The van der Waals surface area contributed by atoms with E-state index in [0.29, 0.717) is 5.75 Å². The fourth-order valence-electron chi connectivity index (χ4n) is 3.56. The van der Waals surface area contributed by atoms with Gasteiger partial charge in [0.1, 0.15) is 5.69 Å². The SMILES string of the molecule is CNC(=O)c1cc(C(=O)O)n(C(C)c2cccc3c2ccn3NOc2ccc(C)cc2)n1. The second-order valence-corrected chi connectivity index (χ2v) is 7.39. The summed E-state index contributed by atoms with van der Waals surface area (Å²) in [4.78, 5) is 29.4. The van der Waals surface area contributed by atoms with E-state index in [-0.39, 0.29) is 11.4 Å². The molecule has 164 valence electrons. The molecule has 0 aliphatic carbocycles. The first-order valence-corrected chi connectivity index (χ1v) is 10.0. The Labute approximate surface area is 184 Å². The van der Waals surface area contributed by atoms with Gasteiger partial charge >= 0.3 is 5.97 Å². The lowest BCUT2D eigenvalue weighted by molar-refractivity contribution is 0.0681. The lowest BCUT2D eigenvalue weighted by Gasteiger charge is -2.16. The molecule has 9 nitrogen and oxygen atoms in total. The summed E-state index contributed by atoms with van der Waals surface area (Å²) >= 11 is 0. The fourth-order valence-corrected chi connectivity index (χ4v) is 3.56. The molecule has 0 spiro atoms. The highest BCUT2D eigenvalue weighted by molar-refractivity contribution is 5.95. The summed E-state index contributed by atoms with van der Waals surface area (Å²) in [5, 5.41) is 17.2. The van der Waals surface area contributed by atoms with Gasteiger partial charge in [0, 0.05) is 24.7 Å². The monoisotopic (exact) mass is 433 g/mol. The normalized spacial score (nSPS) is 11.8. The van der Waals surface area contributed by atoms with E-state index in [9.17, 15) is 14.7 Å². The number of rotatable bonds is 7. The van der Waals surface area contributed by atoms with Crippen LogP contribution in [0.5, 0.6) is 5.75 Å². The Morgan fingerprint density at radius 1 is 1.12 bits per heavy atom. The second kappa shape index (κ2) is 8.46. The molecule has 4 aromatic rings. The van der Waals surface area contributed by atoms with E-state index in [0.717, 1.165) is 22.0 Å². The number of carboxylic acids is 1. The number of amides is 1. The zero-order valence-electron chi connectivity index (χ0n) is 17.9. The van der Waals surface area contributed by atoms with Crippen LogP contribution in [0, 0.1) is 6.92 Å². The third-order valence-corrected chi connectivity index (χ3v) is 5.28. The Hall–Kier alpha value is -4.27. The van der Waals surface area contributed by atoms with Gasteiger partial charge in [-0.1, -0.05) is 29.8 Å². The molecule has 1 unspecified atom stereocenters. The molecule has 3 N–H and O–H groups in total. The maximum Gasteiger partial charge on any atom is 0.354 e. The van der Waals surface area contributed by atoms with Gasteiger partial charge in [-0.3, -0.25) is 9.48 Å². The first-order valence-electron chi connectivity index (χ1n) is 10.0. The van der Waals surface area contributed by atoms with Crippen LogP contribution in [0.1, 0.15) is 45.1 Å². The molecule has 0 saturated carbocycles. The van der Waals surface area contributed by atoms with E-state index in [1.165, 1.54) is 17.8 Å². The number of aromatic carboxylic acids is 1. The van der Waals surface area contributed by atoms with Crippen LogP contribution >= 0.6 is 0 Å². The van der Waals surface area contributed by atoms with Gasteiger partial charge in [0.2, 0.25) is 0 Å². The topological polar surface area (TPSA) is 110 Å². The number of hydrogen-bond donors (Lipinski definition) is 3. The van der Waals surface area contributed by atoms with E-state index in [1.54, 1.807) is 4.68 Å². The number of fused-ring (bicyclic) bond motifs is 1. The highest BCUT2D eigenvalue weighted by Gasteiger charge is 2.23. The predicted molar refractivity (Wildman–Crippen MR) is 119 cm³/mol. The van der Waals surface area contributed by atoms with Crippen LogP contribution in [0.2, 0.25) is 0 Å². The zero-order chi connectivity index (χ0) is 22.8. The number of hydrogen-bond acceptors (Lipinski definition) is 5. The molecule has 1 amide bonds. The van der Waals surface area contributed by atoms with E-state index in [4.69, 9.17) is 4.84 Å². The molecular formula is C23H23N5O4. The van der Waals surface area contributed by atoms with Gasteiger partial charge in [-0.2, -0.15) is 10.7 Å². The maximum absolute atomic E-state index is 12.0. The fraction of sp³-hybridized carbons (Fsp3) is 0.174. The van der Waals surface area contributed by atoms with E-state index >= 15 is 0 Å². The van der Waals surface area contributed by atoms with Crippen LogP contribution in [-0.2, 0) is 0 Å². The molecule has 2 heterocycles. The average Bonchev–Trinajstić information content (AvgIpc) is 3.42. The third-order valence-electron chi connectivity index (χ3n) is 5.28. The Balaban J connectivity index is 1.67. The summed E-state index contributed by atoms with van der Waals surface area (Å²) in [5.41, 5.74) is 5.74. The number of aromatic nitrogens is 3. The summed E-state index contributed by atoms with van der Waals surface area (Å²) in [6.07, 6.45) is 1.83. The molecule has 0 bridgehead atoms. The summed E-state index contributed by atoms with van der Waals surface area (Å²) < 4.78 is 3.10. The lowest BCUT2D eigenvalue weighted by Crippen LogP contribution is -2.20. The molecule has 0 saturated heterocycles. The molecule has 2 aromatic heterocycles. The molecule has 0 aliphatic rings. The van der Waals surface area contributed by atoms with Crippen LogP contribution in [-0.4, -0.2) is 38.5 Å². The van der Waals surface area contributed by atoms with Crippen molar-refractivity contribution in [1.82, 2.24) is 19.8 Å². The Morgan fingerprint density at radius 3 is 2.56 bits per heavy atom. The first-order chi connectivity index (χ1) is 15.4. The minimum absolute atomic E-state index is 0.0506. The van der Waals surface area contributed by atoms with Crippen LogP contribution in [0.3, 0.4) is 0 Å². The van der Waals surface area contributed by atoms with Crippen molar-refractivity contribution in [3.8, 4) is 5.75 Å². The second-order valence-electron chi connectivity index (χ2n) is 7.39.